The second-order valence-corrected chi connectivity index (χ2v) is 7.26. The summed E-state index contributed by atoms with van der Waals surface area (Å²) in [6.07, 6.45) is 0. The normalized spacial score (nSPS) is 11.9. The van der Waals surface area contributed by atoms with E-state index in [-0.39, 0.29) is 26.6 Å². The van der Waals surface area contributed by atoms with E-state index in [1.54, 1.807) is 48.5 Å². The van der Waals surface area contributed by atoms with Gasteiger partial charge >= 0.3 is 0 Å². The molecule has 0 aliphatic carbocycles. The Morgan fingerprint density at radius 2 is 1.05 bits per heavy atom. The SMILES string of the molecule is O.OC(c1ccccc1Cl)(c1ccccc1Cl)C(Cl)(Cl)Cl. The standard InChI is InChI=1S/C14H9Cl5O.H2O/c15-11-7-3-1-5-9(11)13(20,14(17,18)19)10-6-2-4-8-12(10)16;/h1-8,20H;1H2. The summed E-state index contributed by atoms with van der Waals surface area (Å²) in [5, 5.41) is 11.6. The molecule has 7 heteroatoms. The van der Waals surface area contributed by atoms with Gasteiger partial charge in [0.05, 0.1) is 0 Å². The Bertz CT molecular complexity index is 579. The summed E-state index contributed by atoms with van der Waals surface area (Å²) in [6, 6.07) is 13.2. The fourth-order valence-corrected chi connectivity index (χ4v) is 3.12. The molecule has 0 spiro atoms. The maximum atomic E-state index is 11.1. The minimum absolute atomic E-state index is 0. The molecule has 2 aromatic rings. The first-order valence-corrected chi connectivity index (χ1v) is 7.46. The number of aliphatic hydroxyl groups is 1. The lowest BCUT2D eigenvalue weighted by Crippen LogP contribution is -2.41. The van der Waals surface area contributed by atoms with Gasteiger partial charge in [-0.05, 0) is 12.1 Å². The van der Waals surface area contributed by atoms with Crippen molar-refractivity contribution in [1.82, 2.24) is 0 Å². The Hall–Kier alpha value is -0.190. The van der Waals surface area contributed by atoms with Gasteiger partial charge in [0.2, 0.25) is 3.79 Å². The number of hydrogen-bond acceptors (Lipinski definition) is 1. The maximum absolute atomic E-state index is 11.1. The van der Waals surface area contributed by atoms with Gasteiger partial charge in [-0.1, -0.05) is 94.4 Å². The molecule has 0 aliphatic heterocycles. The number of halogens is 5. The van der Waals surface area contributed by atoms with Gasteiger partial charge in [0, 0.05) is 21.2 Å². The van der Waals surface area contributed by atoms with Crippen LogP contribution in [0.1, 0.15) is 11.1 Å². The molecular weight excluding hydrogens is 377 g/mol. The van der Waals surface area contributed by atoms with Crippen LogP contribution in [0.5, 0.6) is 0 Å². The second kappa shape index (κ2) is 6.93. The lowest BCUT2D eigenvalue weighted by atomic mass is 9.87. The smallest absolute Gasteiger partial charge is 0.227 e. The highest BCUT2D eigenvalue weighted by molar-refractivity contribution is 6.68. The van der Waals surface area contributed by atoms with Crippen molar-refractivity contribution in [1.29, 1.82) is 0 Å². The van der Waals surface area contributed by atoms with E-state index in [0.717, 1.165) is 0 Å². The van der Waals surface area contributed by atoms with Crippen LogP contribution < -0.4 is 0 Å². The third-order valence-corrected chi connectivity index (χ3v) is 4.42. The summed E-state index contributed by atoms with van der Waals surface area (Å²) >= 11 is 30.3. The van der Waals surface area contributed by atoms with Crippen LogP contribution in [-0.2, 0) is 5.60 Å². The van der Waals surface area contributed by atoms with Gasteiger partial charge in [-0.25, -0.2) is 0 Å². The predicted molar refractivity (Wildman–Crippen MR) is 89.8 cm³/mol. The molecule has 0 atom stereocenters. The first-order chi connectivity index (χ1) is 9.28. The number of benzene rings is 2. The molecule has 0 saturated heterocycles. The third kappa shape index (κ3) is 3.43. The number of rotatable bonds is 2. The van der Waals surface area contributed by atoms with Crippen molar-refractivity contribution in [3.05, 3.63) is 69.7 Å². The lowest BCUT2D eigenvalue weighted by Gasteiger charge is -2.36. The molecule has 0 amide bonds. The van der Waals surface area contributed by atoms with Gasteiger partial charge in [-0.15, -0.1) is 0 Å². The molecule has 0 aliphatic rings. The van der Waals surface area contributed by atoms with Crippen LogP contribution in [0.2, 0.25) is 10.0 Å². The van der Waals surface area contributed by atoms with Crippen LogP contribution in [0.4, 0.5) is 0 Å². The minimum atomic E-state index is -2.05. The third-order valence-electron chi connectivity index (χ3n) is 2.94. The summed E-state index contributed by atoms with van der Waals surface area (Å²) in [5.41, 5.74) is -1.42. The van der Waals surface area contributed by atoms with Crippen molar-refractivity contribution in [2.24, 2.45) is 0 Å². The second-order valence-electron chi connectivity index (χ2n) is 4.17. The fourth-order valence-electron chi connectivity index (χ4n) is 1.96. The maximum Gasteiger partial charge on any atom is 0.227 e. The van der Waals surface area contributed by atoms with Crippen molar-refractivity contribution < 1.29 is 10.6 Å². The van der Waals surface area contributed by atoms with Gasteiger partial charge < -0.3 is 10.6 Å². The van der Waals surface area contributed by atoms with Gasteiger partial charge in [0.15, 0.2) is 5.60 Å². The topological polar surface area (TPSA) is 51.7 Å². The van der Waals surface area contributed by atoms with Crippen molar-refractivity contribution in [2.45, 2.75) is 9.39 Å². The summed E-state index contributed by atoms with van der Waals surface area (Å²) in [5.74, 6) is 0. The highest BCUT2D eigenvalue weighted by atomic mass is 35.6. The van der Waals surface area contributed by atoms with E-state index in [2.05, 4.69) is 0 Å². The molecule has 0 unspecified atom stereocenters. The van der Waals surface area contributed by atoms with Gasteiger partial charge in [-0.2, -0.15) is 0 Å². The molecule has 0 aromatic heterocycles. The Morgan fingerprint density at radius 1 is 0.714 bits per heavy atom. The van der Waals surface area contributed by atoms with Crippen molar-refractivity contribution in [3.8, 4) is 0 Å². The van der Waals surface area contributed by atoms with Crippen LogP contribution >= 0.6 is 58.0 Å². The summed E-state index contributed by atoms with van der Waals surface area (Å²) in [6.45, 7) is 0. The molecule has 0 heterocycles. The van der Waals surface area contributed by atoms with Gasteiger partial charge in [0.1, 0.15) is 0 Å². The molecule has 2 nitrogen and oxygen atoms in total. The summed E-state index contributed by atoms with van der Waals surface area (Å²) in [4.78, 5) is 0. The summed E-state index contributed by atoms with van der Waals surface area (Å²) in [7, 11) is 0. The first-order valence-electron chi connectivity index (χ1n) is 5.57. The Balaban J connectivity index is 0.00000220. The Labute approximate surface area is 147 Å². The minimum Gasteiger partial charge on any atom is -0.412 e. The Kier molecular flexibility index (Phi) is 6.22. The van der Waals surface area contributed by atoms with E-state index in [4.69, 9.17) is 58.0 Å². The van der Waals surface area contributed by atoms with Crippen LogP contribution in [0, 0.1) is 0 Å². The van der Waals surface area contributed by atoms with Gasteiger partial charge in [-0.3, -0.25) is 0 Å². The average molecular weight is 389 g/mol. The molecule has 0 saturated carbocycles. The number of hydrogen-bond donors (Lipinski definition) is 1. The van der Waals surface area contributed by atoms with E-state index in [0.29, 0.717) is 0 Å². The van der Waals surface area contributed by atoms with Crippen molar-refractivity contribution in [3.63, 3.8) is 0 Å². The molecule has 0 radical (unpaired) electrons. The molecule has 2 aromatic carbocycles. The van der Waals surface area contributed by atoms with Crippen LogP contribution in [0.3, 0.4) is 0 Å². The van der Waals surface area contributed by atoms with Crippen LogP contribution in [0.15, 0.2) is 48.5 Å². The molecule has 21 heavy (non-hydrogen) atoms. The molecule has 114 valence electrons. The van der Waals surface area contributed by atoms with Gasteiger partial charge in [0.25, 0.3) is 0 Å². The molecule has 0 fully saturated rings. The van der Waals surface area contributed by atoms with Crippen molar-refractivity contribution >= 4 is 58.0 Å². The molecular formula is C14H11Cl5O2. The zero-order valence-corrected chi connectivity index (χ0v) is 14.2. The highest BCUT2D eigenvalue weighted by Gasteiger charge is 2.51. The van der Waals surface area contributed by atoms with E-state index >= 15 is 0 Å². The number of alkyl halides is 3. The molecule has 0 bridgehead atoms. The quantitative estimate of drug-likeness (QED) is 0.740. The van der Waals surface area contributed by atoms with E-state index in [9.17, 15) is 5.11 Å². The predicted octanol–water partition coefficient (Wildman–Crippen LogP) is 4.77. The molecule has 2 rings (SSSR count). The fraction of sp³-hybridized carbons (Fsp3) is 0.143. The zero-order valence-electron chi connectivity index (χ0n) is 10.5. The monoisotopic (exact) mass is 386 g/mol. The largest absolute Gasteiger partial charge is 0.412 e. The average Bonchev–Trinajstić information content (AvgIpc) is 2.37. The van der Waals surface area contributed by atoms with Crippen LogP contribution in [0.25, 0.3) is 0 Å². The van der Waals surface area contributed by atoms with E-state index in [1.165, 1.54) is 0 Å². The van der Waals surface area contributed by atoms with E-state index < -0.39 is 9.39 Å². The van der Waals surface area contributed by atoms with E-state index in [1.807, 2.05) is 0 Å². The zero-order chi connectivity index (χ0) is 15.0. The lowest BCUT2D eigenvalue weighted by molar-refractivity contribution is 0.0852. The first kappa shape index (κ1) is 18.9. The Morgan fingerprint density at radius 3 is 1.33 bits per heavy atom. The molecule has 3 N–H and O–H groups in total. The van der Waals surface area contributed by atoms with Crippen molar-refractivity contribution in [2.75, 3.05) is 0 Å². The van der Waals surface area contributed by atoms with Crippen LogP contribution in [-0.4, -0.2) is 14.4 Å². The highest BCUT2D eigenvalue weighted by Crippen LogP contribution is 2.52. The summed E-state index contributed by atoms with van der Waals surface area (Å²) < 4.78 is -2.05.